The van der Waals surface area contributed by atoms with Crippen LogP contribution in [0.1, 0.15) is 26.2 Å². The van der Waals surface area contributed by atoms with Crippen LogP contribution < -0.4 is 5.73 Å². The average Bonchev–Trinajstić information content (AvgIpc) is 2.99. The van der Waals surface area contributed by atoms with Crippen LogP contribution in [-0.2, 0) is 4.74 Å². The highest BCUT2D eigenvalue weighted by molar-refractivity contribution is 5.81. The van der Waals surface area contributed by atoms with Crippen molar-refractivity contribution < 1.29 is 4.74 Å². The Bertz CT molecular complexity index is 341. The van der Waals surface area contributed by atoms with Crippen molar-refractivity contribution in [3.63, 3.8) is 0 Å². The maximum atomic E-state index is 6.10. The van der Waals surface area contributed by atoms with Gasteiger partial charge in [-0.2, -0.15) is 0 Å². The molecule has 0 saturated carbocycles. The van der Waals surface area contributed by atoms with Gasteiger partial charge in [-0.25, -0.2) is 0 Å². The second-order valence-electron chi connectivity index (χ2n) is 6.11. The molecule has 3 atom stereocenters. The Balaban J connectivity index is 1.74. The van der Waals surface area contributed by atoms with Gasteiger partial charge >= 0.3 is 0 Å². The monoisotopic (exact) mass is 252 g/mol. The van der Waals surface area contributed by atoms with E-state index in [0.29, 0.717) is 18.1 Å². The number of aliphatic imine (C=N–C) groups is 1. The molecule has 18 heavy (non-hydrogen) atoms. The number of nitrogens with zero attached hydrogens (tertiary/aromatic N) is 3. The summed E-state index contributed by atoms with van der Waals surface area (Å²) in [5.41, 5.74) is 6.23. The van der Waals surface area contributed by atoms with Crippen LogP contribution in [0.3, 0.4) is 0 Å². The smallest absolute Gasteiger partial charge is 0.192 e. The minimum Gasteiger partial charge on any atom is -0.376 e. The summed E-state index contributed by atoms with van der Waals surface area (Å²) in [6.45, 7) is 6.01. The molecule has 0 aromatic heterocycles. The molecule has 3 aliphatic heterocycles. The lowest BCUT2D eigenvalue weighted by Crippen LogP contribution is -2.55. The fourth-order valence-corrected chi connectivity index (χ4v) is 3.62. The molecule has 0 amide bonds. The molecule has 0 bridgehead atoms. The quantitative estimate of drug-likeness (QED) is 0.766. The van der Waals surface area contributed by atoms with Crippen LogP contribution in [-0.4, -0.2) is 66.7 Å². The minimum absolute atomic E-state index is 0.129. The first-order valence-electron chi connectivity index (χ1n) is 7.00. The molecule has 1 spiro atoms. The van der Waals surface area contributed by atoms with Gasteiger partial charge in [0.1, 0.15) is 0 Å². The van der Waals surface area contributed by atoms with Crippen LogP contribution >= 0.6 is 0 Å². The molecule has 2 fully saturated rings. The van der Waals surface area contributed by atoms with Gasteiger partial charge in [-0.05, 0) is 33.2 Å². The number of likely N-dealkylation sites (N-methyl/N-ethyl adjacent to an activating group) is 1. The Morgan fingerprint density at radius 1 is 1.56 bits per heavy atom. The SMILES string of the molecule is CC1CC2(CN=C(N)N2CC2CCCO2)CN1C. The van der Waals surface area contributed by atoms with Crippen molar-refractivity contribution in [3.05, 3.63) is 0 Å². The number of hydrogen-bond acceptors (Lipinski definition) is 5. The molecule has 0 aromatic rings. The van der Waals surface area contributed by atoms with Gasteiger partial charge in [0.2, 0.25) is 0 Å². The lowest BCUT2D eigenvalue weighted by atomic mass is 9.94. The molecular weight excluding hydrogens is 228 g/mol. The average molecular weight is 252 g/mol. The normalized spacial score (nSPS) is 41.0. The summed E-state index contributed by atoms with van der Waals surface area (Å²) in [7, 11) is 2.19. The third kappa shape index (κ3) is 1.89. The van der Waals surface area contributed by atoms with Crippen molar-refractivity contribution in [2.75, 3.05) is 33.3 Å². The molecule has 3 unspecified atom stereocenters. The molecular formula is C13H24N4O. The number of rotatable bonds is 2. The van der Waals surface area contributed by atoms with Crippen molar-refractivity contribution in [1.29, 1.82) is 0 Å². The Kier molecular flexibility index (Phi) is 2.98. The second kappa shape index (κ2) is 4.38. The summed E-state index contributed by atoms with van der Waals surface area (Å²) in [4.78, 5) is 9.24. The van der Waals surface area contributed by atoms with Gasteiger partial charge in [-0.3, -0.25) is 4.99 Å². The topological polar surface area (TPSA) is 54.1 Å². The van der Waals surface area contributed by atoms with Crippen molar-refractivity contribution >= 4 is 5.96 Å². The lowest BCUT2D eigenvalue weighted by molar-refractivity contribution is 0.0676. The van der Waals surface area contributed by atoms with Crippen LogP contribution in [0.25, 0.3) is 0 Å². The Morgan fingerprint density at radius 2 is 2.39 bits per heavy atom. The first-order chi connectivity index (χ1) is 8.61. The summed E-state index contributed by atoms with van der Waals surface area (Å²) in [6, 6.07) is 0.609. The van der Waals surface area contributed by atoms with E-state index < -0.39 is 0 Å². The highest BCUT2D eigenvalue weighted by Crippen LogP contribution is 2.35. The zero-order valence-corrected chi connectivity index (χ0v) is 11.4. The molecule has 0 aromatic carbocycles. The summed E-state index contributed by atoms with van der Waals surface area (Å²) in [5, 5.41) is 0. The first kappa shape index (κ1) is 12.2. The zero-order valence-electron chi connectivity index (χ0n) is 11.4. The van der Waals surface area contributed by atoms with Gasteiger partial charge < -0.3 is 20.3 Å². The molecule has 3 rings (SSSR count). The van der Waals surface area contributed by atoms with E-state index in [1.807, 2.05) is 0 Å². The Labute approximate surface area is 109 Å². The van der Waals surface area contributed by atoms with Crippen molar-refractivity contribution in [2.24, 2.45) is 10.7 Å². The van der Waals surface area contributed by atoms with E-state index in [-0.39, 0.29) is 5.54 Å². The summed E-state index contributed by atoms with van der Waals surface area (Å²) in [6.07, 6.45) is 3.83. The predicted octanol–water partition coefficient (Wildman–Crippen LogP) is 0.259. The first-order valence-corrected chi connectivity index (χ1v) is 7.00. The number of guanidine groups is 1. The maximum Gasteiger partial charge on any atom is 0.192 e. The molecule has 102 valence electrons. The summed E-state index contributed by atoms with van der Waals surface area (Å²) >= 11 is 0. The molecule has 0 aliphatic carbocycles. The van der Waals surface area contributed by atoms with Gasteiger partial charge in [0.15, 0.2) is 5.96 Å². The van der Waals surface area contributed by atoms with Gasteiger partial charge in [0, 0.05) is 25.7 Å². The molecule has 2 saturated heterocycles. The summed E-state index contributed by atoms with van der Waals surface area (Å²) in [5.74, 6) is 0.716. The third-order valence-electron chi connectivity index (χ3n) is 4.77. The van der Waals surface area contributed by atoms with Crippen LogP contribution in [0.2, 0.25) is 0 Å². The fourth-order valence-electron chi connectivity index (χ4n) is 3.62. The van der Waals surface area contributed by atoms with Crippen molar-refractivity contribution in [2.45, 2.75) is 43.9 Å². The fraction of sp³-hybridized carbons (Fsp3) is 0.923. The molecule has 5 heteroatoms. The Hall–Kier alpha value is -0.810. The number of nitrogens with two attached hydrogens (primary N) is 1. The molecule has 3 aliphatic rings. The lowest BCUT2D eigenvalue weighted by Gasteiger charge is -2.37. The van der Waals surface area contributed by atoms with Gasteiger partial charge in [0.25, 0.3) is 0 Å². The zero-order chi connectivity index (χ0) is 12.8. The van der Waals surface area contributed by atoms with E-state index in [4.69, 9.17) is 10.5 Å². The van der Waals surface area contributed by atoms with E-state index in [9.17, 15) is 0 Å². The van der Waals surface area contributed by atoms with Gasteiger partial charge in [-0.1, -0.05) is 0 Å². The van der Waals surface area contributed by atoms with Crippen LogP contribution in [0.4, 0.5) is 0 Å². The molecule has 5 nitrogen and oxygen atoms in total. The van der Waals surface area contributed by atoms with E-state index in [1.165, 1.54) is 6.42 Å². The van der Waals surface area contributed by atoms with Gasteiger partial charge in [0.05, 0.1) is 18.2 Å². The maximum absolute atomic E-state index is 6.10. The molecule has 2 N–H and O–H groups in total. The molecule has 3 heterocycles. The van der Waals surface area contributed by atoms with Crippen LogP contribution in [0.15, 0.2) is 4.99 Å². The van der Waals surface area contributed by atoms with Crippen LogP contribution in [0.5, 0.6) is 0 Å². The van der Waals surface area contributed by atoms with E-state index in [1.54, 1.807) is 0 Å². The highest BCUT2D eigenvalue weighted by Gasteiger charge is 2.49. The van der Waals surface area contributed by atoms with Crippen LogP contribution in [0, 0.1) is 0 Å². The van der Waals surface area contributed by atoms with E-state index >= 15 is 0 Å². The van der Waals surface area contributed by atoms with Crippen molar-refractivity contribution in [3.8, 4) is 0 Å². The standard InChI is InChI=1S/C13H24N4O/c1-10-6-13(9-16(10)2)8-15-12(14)17(13)7-11-4-3-5-18-11/h10-11H,3-9H2,1-2H3,(H2,14,15). The van der Waals surface area contributed by atoms with E-state index in [2.05, 4.69) is 28.8 Å². The predicted molar refractivity (Wildman–Crippen MR) is 71.6 cm³/mol. The van der Waals surface area contributed by atoms with E-state index in [0.717, 1.165) is 39.1 Å². The highest BCUT2D eigenvalue weighted by atomic mass is 16.5. The number of hydrogen-bond donors (Lipinski definition) is 1. The minimum atomic E-state index is 0.129. The second-order valence-corrected chi connectivity index (χ2v) is 6.11. The largest absolute Gasteiger partial charge is 0.376 e. The molecule has 0 radical (unpaired) electrons. The summed E-state index contributed by atoms with van der Waals surface area (Å²) < 4.78 is 5.75. The number of ether oxygens (including phenoxy) is 1. The Morgan fingerprint density at radius 3 is 3.00 bits per heavy atom. The third-order valence-corrected chi connectivity index (χ3v) is 4.77. The van der Waals surface area contributed by atoms with Crippen molar-refractivity contribution in [1.82, 2.24) is 9.80 Å². The number of likely N-dealkylation sites (tertiary alicyclic amines) is 1. The van der Waals surface area contributed by atoms with Gasteiger partial charge in [-0.15, -0.1) is 0 Å².